The van der Waals surface area contributed by atoms with Crippen LogP contribution in [0.1, 0.15) is 17.2 Å². The number of rotatable bonds is 3. The number of nitrogens with zero attached hydrogens (tertiary/aromatic N) is 2. The molecular weight excluding hydrogens is 259 g/mol. The summed E-state index contributed by atoms with van der Waals surface area (Å²) in [5, 5.41) is 5.15. The lowest BCUT2D eigenvalue weighted by Gasteiger charge is -2.15. The van der Waals surface area contributed by atoms with Crippen LogP contribution in [-0.4, -0.2) is 9.78 Å². The highest BCUT2D eigenvalue weighted by molar-refractivity contribution is 6.42. The summed E-state index contributed by atoms with van der Waals surface area (Å²) in [6.45, 7) is 0. The molecule has 0 saturated carbocycles. The molecule has 17 heavy (non-hydrogen) atoms. The van der Waals surface area contributed by atoms with Crippen molar-refractivity contribution in [3.8, 4) is 0 Å². The largest absolute Gasteiger partial charge is 0.275 e. The molecule has 0 radical (unpaired) electrons. The van der Waals surface area contributed by atoms with Crippen molar-refractivity contribution >= 4 is 23.2 Å². The smallest absolute Gasteiger partial charge is 0.0741 e. The van der Waals surface area contributed by atoms with Gasteiger partial charge < -0.3 is 0 Å². The predicted octanol–water partition coefficient (Wildman–Crippen LogP) is 2.28. The second kappa shape index (κ2) is 5.06. The first-order valence-corrected chi connectivity index (χ1v) is 5.77. The van der Waals surface area contributed by atoms with Gasteiger partial charge in [-0.15, -0.1) is 0 Å². The number of benzene rings is 1. The lowest BCUT2D eigenvalue weighted by molar-refractivity contribution is 0.636. The Morgan fingerprint density at radius 2 is 2.06 bits per heavy atom. The van der Waals surface area contributed by atoms with Crippen molar-refractivity contribution in [3.63, 3.8) is 0 Å². The topological polar surface area (TPSA) is 55.9 Å². The van der Waals surface area contributed by atoms with Crippen LogP contribution in [0.2, 0.25) is 10.0 Å². The number of hydrazine groups is 1. The summed E-state index contributed by atoms with van der Waals surface area (Å²) in [6, 6.07) is 5.27. The number of halogens is 2. The van der Waals surface area contributed by atoms with Crippen molar-refractivity contribution in [1.82, 2.24) is 15.2 Å². The quantitative estimate of drug-likeness (QED) is 0.665. The number of nitrogens with two attached hydrogens (primary N) is 1. The minimum atomic E-state index is -0.154. The van der Waals surface area contributed by atoms with E-state index in [0.717, 1.165) is 11.1 Å². The van der Waals surface area contributed by atoms with Gasteiger partial charge in [-0.3, -0.25) is 10.5 Å². The minimum Gasteiger partial charge on any atom is -0.275 e. The van der Waals surface area contributed by atoms with Crippen LogP contribution in [0, 0.1) is 0 Å². The average molecular weight is 271 g/mol. The van der Waals surface area contributed by atoms with Gasteiger partial charge in [-0.2, -0.15) is 5.10 Å². The lowest BCUT2D eigenvalue weighted by Crippen LogP contribution is -2.28. The molecule has 0 amide bonds. The molecule has 1 unspecified atom stereocenters. The van der Waals surface area contributed by atoms with Gasteiger partial charge in [0.15, 0.2) is 0 Å². The van der Waals surface area contributed by atoms with Crippen LogP contribution in [0.3, 0.4) is 0 Å². The molecule has 6 heteroatoms. The third kappa shape index (κ3) is 2.61. The van der Waals surface area contributed by atoms with Crippen LogP contribution >= 0.6 is 23.2 Å². The molecule has 1 aromatic heterocycles. The van der Waals surface area contributed by atoms with E-state index in [0.29, 0.717) is 10.0 Å². The lowest BCUT2D eigenvalue weighted by atomic mass is 10.0. The molecule has 0 aliphatic rings. The summed E-state index contributed by atoms with van der Waals surface area (Å²) < 4.78 is 1.72. The molecule has 4 nitrogen and oxygen atoms in total. The third-order valence-electron chi connectivity index (χ3n) is 2.50. The van der Waals surface area contributed by atoms with Gasteiger partial charge in [-0.1, -0.05) is 29.3 Å². The molecule has 0 aliphatic carbocycles. The molecule has 0 spiro atoms. The van der Waals surface area contributed by atoms with Crippen LogP contribution in [0.25, 0.3) is 0 Å². The molecule has 2 rings (SSSR count). The molecule has 0 fully saturated rings. The third-order valence-corrected chi connectivity index (χ3v) is 3.24. The normalized spacial score (nSPS) is 12.7. The summed E-state index contributed by atoms with van der Waals surface area (Å²) in [7, 11) is 1.85. The van der Waals surface area contributed by atoms with E-state index < -0.39 is 0 Å². The van der Waals surface area contributed by atoms with E-state index >= 15 is 0 Å². The Bertz CT molecular complexity index is 524. The summed E-state index contributed by atoms with van der Waals surface area (Å²) >= 11 is 11.9. The van der Waals surface area contributed by atoms with E-state index in [4.69, 9.17) is 29.0 Å². The molecular formula is C11H12Cl2N4. The summed E-state index contributed by atoms with van der Waals surface area (Å²) in [5.41, 5.74) is 4.65. The maximum absolute atomic E-state index is 5.99. The van der Waals surface area contributed by atoms with Crippen LogP contribution in [0.4, 0.5) is 0 Å². The zero-order valence-corrected chi connectivity index (χ0v) is 10.7. The molecule has 2 aromatic rings. The standard InChI is InChI=1S/C11H12Cl2N4/c1-17-6-8(5-15-17)11(16-14)7-2-3-9(12)10(13)4-7/h2-6,11,16H,14H2,1H3. The fraction of sp³-hybridized carbons (Fsp3) is 0.182. The molecule has 1 heterocycles. The second-order valence-corrected chi connectivity index (χ2v) is 4.53. The molecule has 0 bridgehead atoms. The van der Waals surface area contributed by atoms with Crippen molar-refractivity contribution in [2.24, 2.45) is 12.9 Å². The molecule has 0 aliphatic heterocycles. The van der Waals surface area contributed by atoms with Gasteiger partial charge in [-0.25, -0.2) is 5.43 Å². The summed E-state index contributed by atoms with van der Waals surface area (Å²) in [6.07, 6.45) is 3.65. The van der Waals surface area contributed by atoms with Gasteiger partial charge in [0.2, 0.25) is 0 Å². The maximum Gasteiger partial charge on any atom is 0.0741 e. The summed E-state index contributed by atoms with van der Waals surface area (Å²) in [4.78, 5) is 0. The van der Waals surface area contributed by atoms with Crippen LogP contribution in [0.15, 0.2) is 30.6 Å². The van der Waals surface area contributed by atoms with Gasteiger partial charge >= 0.3 is 0 Å². The van der Waals surface area contributed by atoms with E-state index in [9.17, 15) is 0 Å². The fourth-order valence-corrected chi connectivity index (χ4v) is 1.97. The highest BCUT2D eigenvalue weighted by Gasteiger charge is 2.15. The number of hydrogen-bond acceptors (Lipinski definition) is 3. The number of nitrogens with one attached hydrogen (secondary N) is 1. The first-order chi connectivity index (χ1) is 8.11. The van der Waals surface area contributed by atoms with Gasteiger partial charge in [0.25, 0.3) is 0 Å². The fourth-order valence-electron chi connectivity index (χ4n) is 1.67. The minimum absolute atomic E-state index is 0.154. The predicted molar refractivity (Wildman–Crippen MR) is 68.8 cm³/mol. The number of aryl methyl sites for hydroxylation is 1. The van der Waals surface area contributed by atoms with Crippen molar-refractivity contribution < 1.29 is 0 Å². The highest BCUT2D eigenvalue weighted by Crippen LogP contribution is 2.28. The Balaban J connectivity index is 2.38. The Kier molecular flexibility index (Phi) is 3.69. The molecule has 0 saturated heterocycles. The van der Waals surface area contributed by atoms with Crippen LogP contribution in [0.5, 0.6) is 0 Å². The SMILES string of the molecule is Cn1cc(C(NN)c2ccc(Cl)c(Cl)c2)cn1. The van der Waals surface area contributed by atoms with Gasteiger partial charge in [0.1, 0.15) is 0 Å². The monoisotopic (exact) mass is 270 g/mol. The van der Waals surface area contributed by atoms with Crippen molar-refractivity contribution in [2.75, 3.05) is 0 Å². The Morgan fingerprint density at radius 1 is 1.29 bits per heavy atom. The van der Waals surface area contributed by atoms with Crippen LogP contribution in [-0.2, 0) is 7.05 Å². The van der Waals surface area contributed by atoms with E-state index in [2.05, 4.69) is 10.5 Å². The first kappa shape index (κ1) is 12.4. The zero-order valence-electron chi connectivity index (χ0n) is 9.19. The van der Waals surface area contributed by atoms with E-state index in [1.165, 1.54) is 0 Å². The molecule has 90 valence electrons. The molecule has 1 aromatic carbocycles. The number of aromatic nitrogens is 2. The van der Waals surface area contributed by atoms with Crippen molar-refractivity contribution in [2.45, 2.75) is 6.04 Å². The van der Waals surface area contributed by atoms with E-state index in [-0.39, 0.29) is 6.04 Å². The Labute approximate surface area is 109 Å². The van der Waals surface area contributed by atoms with Gasteiger partial charge in [-0.05, 0) is 17.7 Å². The van der Waals surface area contributed by atoms with E-state index in [1.807, 2.05) is 19.3 Å². The highest BCUT2D eigenvalue weighted by atomic mass is 35.5. The van der Waals surface area contributed by atoms with Gasteiger partial charge in [0.05, 0.1) is 22.3 Å². The average Bonchev–Trinajstić information content (AvgIpc) is 2.71. The van der Waals surface area contributed by atoms with Crippen molar-refractivity contribution in [3.05, 3.63) is 51.8 Å². The first-order valence-electron chi connectivity index (χ1n) is 5.01. The maximum atomic E-state index is 5.99. The molecule has 1 atom stereocenters. The Morgan fingerprint density at radius 3 is 2.59 bits per heavy atom. The van der Waals surface area contributed by atoms with Crippen LogP contribution < -0.4 is 11.3 Å². The molecule has 3 N–H and O–H groups in total. The Hall–Kier alpha value is -1.07. The second-order valence-electron chi connectivity index (χ2n) is 3.72. The number of hydrogen-bond donors (Lipinski definition) is 2. The summed E-state index contributed by atoms with van der Waals surface area (Å²) in [5.74, 6) is 5.57. The van der Waals surface area contributed by atoms with Gasteiger partial charge in [0, 0.05) is 18.8 Å². The van der Waals surface area contributed by atoms with E-state index in [1.54, 1.807) is 23.0 Å². The zero-order chi connectivity index (χ0) is 12.4. The van der Waals surface area contributed by atoms with Crippen molar-refractivity contribution in [1.29, 1.82) is 0 Å².